The van der Waals surface area contributed by atoms with Crippen molar-refractivity contribution in [2.45, 2.75) is 11.8 Å². The molecule has 134 valence electrons. The molecule has 2 aromatic carbocycles. The molecule has 0 saturated carbocycles. The number of aldehydes is 1. The van der Waals surface area contributed by atoms with E-state index in [-0.39, 0.29) is 26.4 Å². The highest BCUT2D eigenvalue weighted by molar-refractivity contribution is 7.92. The topological polar surface area (TPSA) is 76.4 Å². The van der Waals surface area contributed by atoms with Crippen LogP contribution >= 0.6 is 23.2 Å². The summed E-state index contributed by atoms with van der Waals surface area (Å²) in [5.74, 6) is 0.456. The molecular weight excluding hydrogens is 397 g/mol. The van der Waals surface area contributed by atoms with E-state index in [0.29, 0.717) is 17.6 Å². The molecule has 3 aromatic rings. The minimum atomic E-state index is -3.83. The second-order valence-corrected chi connectivity index (χ2v) is 8.05. The fourth-order valence-electron chi connectivity index (χ4n) is 2.30. The van der Waals surface area contributed by atoms with E-state index in [4.69, 9.17) is 27.6 Å². The number of carbonyl (C=O) groups is 1. The molecule has 0 atom stereocenters. The molecule has 0 bridgehead atoms. The van der Waals surface area contributed by atoms with Crippen molar-refractivity contribution in [1.82, 2.24) is 0 Å². The summed E-state index contributed by atoms with van der Waals surface area (Å²) in [6.07, 6.45) is 0.564. The first kappa shape index (κ1) is 18.5. The monoisotopic (exact) mass is 409 g/mol. The second kappa shape index (κ2) is 7.15. The number of hydrogen-bond donors (Lipinski definition) is 1. The van der Waals surface area contributed by atoms with Gasteiger partial charge in [0.25, 0.3) is 10.0 Å². The molecule has 0 unspecified atom stereocenters. The average Bonchev–Trinajstić information content (AvgIpc) is 3.06. The second-order valence-electron chi connectivity index (χ2n) is 5.55. The molecule has 0 radical (unpaired) electrons. The number of anilines is 1. The minimum Gasteiger partial charge on any atom is -0.453 e. The fourth-order valence-corrected chi connectivity index (χ4v) is 3.95. The molecule has 1 heterocycles. The Morgan fingerprint density at radius 3 is 2.31 bits per heavy atom. The Kier molecular flexibility index (Phi) is 5.09. The van der Waals surface area contributed by atoms with Crippen LogP contribution in [0.1, 0.15) is 16.1 Å². The van der Waals surface area contributed by atoms with E-state index >= 15 is 0 Å². The van der Waals surface area contributed by atoms with Crippen LogP contribution in [-0.4, -0.2) is 14.7 Å². The summed E-state index contributed by atoms with van der Waals surface area (Å²) in [4.78, 5) is 10.9. The van der Waals surface area contributed by atoms with Crippen molar-refractivity contribution in [3.8, 4) is 11.3 Å². The van der Waals surface area contributed by atoms with Crippen molar-refractivity contribution in [2.24, 2.45) is 0 Å². The molecule has 0 spiro atoms. The lowest BCUT2D eigenvalue weighted by Gasteiger charge is -2.12. The van der Waals surface area contributed by atoms with E-state index in [1.807, 2.05) is 6.92 Å². The summed E-state index contributed by atoms with van der Waals surface area (Å²) in [6.45, 7) is 1.86. The van der Waals surface area contributed by atoms with Gasteiger partial charge in [-0.05, 0) is 43.3 Å². The van der Waals surface area contributed by atoms with Crippen LogP contribution < -0.4 is 4.72 Å². The van der Waals surface area contributed by atoms with Gasteiger partial charge in [0.05, 0.1) is 20.6 Å². The number of halogens is 2. The number of carbonyl (C=O) groups excluding carboxylic acids is 1. The third-order valence-corrected chi connectivity index (χ3v) is 5.65. The molecule has 0 amide bonds. The first-order valence-electron chi connectivity index (χ1n) is 7.44. The minimum absolute atomic E-state index is 0.108. The number of hydrogen-bond acceptors (Lipinski definition) is 4. The zero-order chi connectivity index (χ0) is 18.9. The van der Waals surface area contributed by atoms with Crippen molar-refractivity contribution in [2.75, 3.05) is 4.72 Å². The van der Waals surface area contributed by atoms with Crippen LogP contribution in [0.3, 0.4) is 0 Å². The molecule has 1 N–H and O–H groups in total. The summed E-state index contributed by atoms with van der Waals surface area (Å²) in [6, 6.07) is 12.3. The third kappa shape index (κ3) is 3.77. The Morgan fingerprint density at radius 1 is 1.00 bits per heavy atom. The predicted molar refractivity (Wildman–Crippen MR) is 102 cm³/mol. The van der Waals surface area contributed by atoms with Gasteiger partial charge in [-0.25, -0.2) is 8.42 Å². The molecule has 26 heavy (non-hydrogen) atoms. The highest BCUT2D eigenvalue weighted by atomic mass is 35.5. The van der Waals surface area contributed by atoms with Crippen molar-refractivity contribution in [1.29, 1.82) is 0 Å². The van der Waals surface area contributed by atoms with Gasteiger partial charge in [0.1, 0.15) is 5.76 Å². The van der Waals surface area contributed by atoms with Gasteiger partial charge in [-0.15, -0.1) is 0 Å². The van der Waals surface area contributed by atoms with E-state index < -0.39 is 10.0 Å². The van der Waals surface area contributed by atoms with Crippen LogP contribution in [0.15, 0.2) is 57.8 Å². The van der Waals surface area contributed by atoms with E-state index in [0.717, 1.165) is 5.56 Å². The van der Waals surface area contributed by atoms with Gasteiger partial charge < -0.3 is 4.42 Å². The van der Waals surface area contributed by atoms with Crippen LogP contribution in [0.5, 0.6) is 0 Å². The fraction of sp³-hybridized carbons (Fsp3) is 0.0556. The van der Waals surface area contributed by atoms with Gasteiger partial charge in [-0.1, -0.05) is 40.9 Å². The normalized spacial score (nSPS) is 11.3. The highest BCUT2D eigenvalue weighted by Gasteiger charge is 2.18. The van der Waals surface area contributed by atoms with Crippen LogP contribution in [0.4, 0.5) is 5.69 Å². The van der Waals surface area contributed by atoms with Crippen LogP contribution in [0.2, 0.25) is 10.0 Å². The summed E-state index contributed by atoms with van der Waals surface area (Å²) in [5.41, 5.74) is 1.50. The molecule has 1 aromatic heterocycles. The number of furan rings is 1. The molecular formula is C18H13Cl2NO4S. The molecule has 8 heteroatoms. The number of rotatable bonds is 5. The number of aryl methyl sites for hydroxylation is 1. The maximum Gasteiger partial charge on any atom is 0.261 e. The molecule has 0 aliphatic rings. The Hall–Kier alpha value is -2.28. The molecule has 0 aliphatic carbocycles. The largest absolute Gasteiger partial charge is 0.453 e. The summed E-state index contributed by atoms with van der Waals surface area (Å²) < 4.78 is 33.0. The van der Waals surface area contributed by atoms with Crippen LogP contribution in [-0.2, 0) is 10.0 Å². The molecule has 0 saturated heterocycles. The lowest BCUT2D eigenvalue weighted by Crippen LogP contribution is -2.13. The van der Waals surface area contributed by atoms with Gasteiger partial charge in [0.15, 0.2) is 12.0 Å². The van der Waals surface area contributed by atoms with Gasteiger partial charge >= 0.3 is 0 Å². The quantitative estimate of drug-likeness (QED) is 0.589. The van der Waals surface area contributed by atoms with Gasteiger partial charge in [0.2, 0.25) is 0 Å². The average molecular weight is 410 g/mol. The highest BCUT2D eigenvalue weighted by Crippen LogP contribution is 2.37. The first-order chi connectivity index (χ1) is 12.3. The van der Waals surface area contributed by atoms with Crippen LogP contribution in [0, 0.1) is 6.92 Å². The number of nitrogens with one attached hydrogen (secondary N) is 1. The van der Waals surface area contributed by atoms with Crippen molar-refractivity contribution in [3.63, 3.8) is 0 Å². The number of benzene rings is 2. The first-order valence-corrected chi connectivity index (χ1v) is 9.68. The Morgan fingerprint density at radius 2 is 1.69 bits per heavy atom. The lowest BCUT2D eigenvalue weighted by atomic mass is 10.1. The Labute approximate surface area is 160 Å². The third-order valence-electron chi connectivity index (χ3n) is 3.64. The summed E-state index contributed by atoms with van der Waals surface area (Å²) in [7, 11) is -3.83. The maximum absolute atomic E-state index is 12.6. The number of sulfonamides is 1. The van der Waals surface area contributed by atoms with Crippen molar-refractivity contribution in [3.05, 3.63) is 69.9 Å². The predicted octanol–water partition coefficient (Wildman–Crippen LogP) is 5.18. The standard InChI is InChI=1S/C18H13Cl2NO4S/c1-11-2-5-13(6-3-11)26(23,24)21-17-8-14(15(19)9-16(17)20)18-7-4-12(10-22)25-18/h2-10,21H,1H3. The Balaban J connectivity index is 2.01. The molecule has 5 nitrogen and oxygen atoms in total. The van der Waals surface area contributed by atoms with E-state index in [9.17, 15) is 13.2 Å². The van der Waals surface area contributed by atoms with E-state index in [1.54, 1.807) is 18.2 Å². The van der Waals surface area contributed by atoms with Crippen molar-refractivity contribution >= 4 is 45.2 Å². The summed E-state index contributed by atoms with van der Waals surface area (Å²) >= 11 is 12.3. The molecule has 0 aliphatic heterocycles. The van der Waals surface area contributed by atoms with Gasteiger partial charge in [-0.3, -0.25) is 9.52 Å². The molecule has 0 fully saturated rings. The summed E-state index contributed by atoms with van der Waals surface area (Å²) in [5, 5.41) is 0.400. The Bertz CT molecular complexity index is 1070. The van der Waals surface area contributed by atoms with Crippen molar-refractivity contribution < 1.29 is 17.6 Å². The van der Waals surface area contributed by atoms with E-state index in [2.05, 4.69) is 4.72 Å². The molecule has 3 rings (SSSR count). The smallest absolute Gasteiger partial charge is 0.261 e. The zero-order valence-electron chi connectivity index (χ0n) is 13.5. The van der Waals surface area contributed by atoms with E-state index in [1.165, 1.54) is 30.3 Å². The van der Waals surface area contributed by atoms with Crippen LogP contribution in [0.25, 0.3) is 11.3 Å². The zero-order valence-corrected chi connectivity index (χ0v) is 15.8. The van der Waals surface area contributed by atoms with Gasteiger partial charge in [0, 0.05) is 5.56 Å². The SMILES string of the molecule is Cc1ccc(S(=O)(=O)Nc2cc(-c3ccc(C=O)o3)c(Cl)cc2Cl)cc1. The van der Waals surface area contributed by atoms with Gasteiger partial charge in [-0.2, -0.15) is 0 Å². The maximum atomic E-state index is 12.6. The lowest BCUT2D eigenvalue weighted by molar-refractivity contribution is 0.110.